The summed E-state index contributed by atoms with van der Waals surface area (Å²) in [6, 6.07) is 11.9. The first-order valence-electron chi connectivity index (χ1n) is 14.5. The molecule has 0 saturated heterocycles. The minimum Gasteiger partial charge on any atom is -0.387 e. The molecule has 4 fully saturated rings. The van der Waals surface area contributed by atoms with Crippen molar-refractivity contribution >= 4 is 0 Å². The van der Waals surface area contributed by atoms with Gasteiger partial charge in [-0.05, 0) is 125 Å². The topological polar surface area (TPSA) is 41.5 Å². The Labute approximate surface area is 208 Å². The molecule has 1 aromatic rings. The van der Waals surface area contributed by atoms with E-state index in [9.17, 15) is 5.11 Å². The van der Waals surface area contributed by atoms with Crippen LogP contribution in [-0.4, -0.2) is 30.0 Å². The van der Waals surface area contributed by atoms with Crippen LogP contribution in [0.4, 0.5) is 0 Å². The molecule has 4 saturated carbocycles. The van der Waals surface area contributed by atoms with Gasteiger partial charge in [-0.1, -0.05) is 37.3 Å². The van der Waals surface area contributed by atoms with Gasteiger partial charge in [0.2, 0.25) is 0 Å². The highest BCUT2D eigenvalue weighted by atomic mass is 16.5. The third kappa shape index (κ3) is 4.50. The van der Waals surface area contributed by atoms with Crippen molar-refractivity contribution in [1.82, 2.24) is 5.32 Å². The van der Waals surface area contributed by atoms with E-state index in [0.29, 0.717) is 36.6 Å². The van der Waals surface area contributed by atoms with Gasteiger partial charge in [-0.2, -0.15) is 0 Å². The summed E-state index contributed by atoms with van der Waals surface area (Å²) in [5.41, 5.74) is 1.32. The average Bonchev–Trinajstić information content (AvgIpc) is 3.20. The lowest BCUT2D eigenvalue weighted by Crippen LogP contribution is -2.53. The molecule has 0 unspecified atom stereocenters. The first-order chi connectivity index (χ1) is 16.3. The summed E-state index contributed by atoms with van der Waals surface area (Å²) in [6.45, 7) is 10.7. The summed E-state index contributed by atoms with van der Waals surface area (Å²) in [4.78, 5) is 0. The summed E-state index contributed by atoms with van der Waals surface area (Å²) < 4.78 is 5.67. The summed E-state index contributed by atoms with van der Waals surface area (Å²) in [5, 5.41) is 15.1. The lowest BCUT2D eigenvalue weighted by Gasteiger charge is -2.57. The Morgan fingerprint density at radius 1 is 0.971 bits per heavy atom. The Morgan fingerprint density at radius 2 is 1.74 bits per heavy atom. The quantitative estimate of drug-likeness (QED) is 0.465. The molecule has 4 aliphatic carbocycles. The Hall–Kier alpha value is -0.900. The minimum atomic E-state index is -0.567. The number of hydrogen-bond donors (Lipinski definition) is 2. The van der Waals surface area contributed by atoms with Crippen LogP contribution in [-0.2, 0) is 4.74 Å². The van der Waals surface area contributed by atoms with Gasteiger partial charge in [-0.25, -0.2) is 0 Å². The monoisotopic (exact) mass is 467 g/mol. The largest absolute Gasteiger partial charge is 0.387 e. The summed E-state index contributed by atoms with van der Waals surface area (Å²) in [5.74, 6) is 5.07. The second kappa shape index (κ2) is 9.87. The number of benzene rings is 1. The van der Waals surface area contributed by atoms with Crippen LogP contribution in [0.5, 0.6) is 0 Å². The van der Waals surface area contributed by atoms with Gasteiger partial charge < -0.3 is 15.2 Å². The lowest BCUT2D eigenvalue weighted by molar-refractivity contribution is -0.129. The third-order valence-corrected chi connectivity index (χ3v) is 11.2. The van der Waals surface area contributed by atoms with Crippen molar-refractivity contribution in [2.75, 3.05) is 13.2 Å². The summed E-state index contributed by atoms with van der Waals surface area (Å²) in [6.07, 6.45) is 11.5. The fourth-order valence-corrected chi connectivity index (χ4v) is 9.60. The molecule has 0 heterocycles. The maximum atomic E-state index is 11.1. The molecule has 0 amide bonds. The molecule has 0 radical (unpaired) electrons. The van der Waals surface area contributed by atoms with Crippen LogP contribution in [0.15, 0.2) is 30.3 Å². The molecule has 0 bridgehead atoms. The molecule has 5 rings (SSSR count). The van der Waals surface area contributed by atoms with E-state index >= 15 is 0 Å². The van der Waals surface area contributed by atoms with Crippen LogP contribution in [0.3, 0.4) is 0 Å². The van der Waals surface area contributed by atoms with Gasteiger partial charge >= 0.3 is 0 Å². The Bertz CT molecular complexity index is 813. The van der Waals surface area contributed by atoms with Crippen molar-refractivity contribution in [2.24, 2.45) is 40.9 Å². The Balaban J connectivity index is 1.24. The van der Waals surface area contributed by atoms with E-state index in [-0.39, 0.29) is 0 Å². The van der Waals surface area contributed by atoms with Gasteiger partial charge in [0.05, 0.1) is 12.2 Å². The zero-order valence-corrected chi connectivity index (χ0v) is 22.1. The van der Waals surface area contributed by atoms with Crippen LogP contribution in [0.2, 0.25) is 0 Å². The number of rotatable bonds is 7. The summed E-state index contributed by atoms with van der Waals surface area (Å²) in [7, 11) is 0. The number of hydrogen-bond acceptors (Lipinski definition) is 3. The highest BCUT2D eigenvalue weighted by Crippen LogP contribution is 2.65. The van der Waals surface area contributed by atoms with Crippen molar-refractivity contribution in [2.45, 2.75) is 103 Å². The molecule has 3 nitrogen and oxygen atoms in total. The molecule has 4 aliphatic rings. The van der Waals surface area contributed by atoms with E-state index in [0.717, 1.165) is 42.4 Å². The maximum absolute atomic E-state index is 11.1. The average molecular weight is 468 g/mol. The van der Waals surface area contributed by atoms with Crippen LogP contribution >= 0.6 is 0 Å². The minimum absolute atomic E-state index is 0.406. The van der Waals surface area contributed by atoms with Gasteiger partial charge in [0, 0.05) is 18.7 Å². The second-order valence-electron chi connectivity index (χ2n) is 12.9. The fraction of sp³-hybridized carbons (Fsp3) is 0.806. The normalized spacial score (nSPS) is 43.4. The molecule has 0 spiro atoms. The van der Waals surface area contributed by atoms with E-state index in [1.807, 2.05) is 6.92 Å². The van der Waals surface area contributed by atoms with Gasteiger partial charge in [-0.3, -0.25) is 0 Å². The standard InChI is InChI=1S/C31H49NO2/c1-5-34-20-31(33)18-16-25-24(19-31)11-12-27-26(25)15-17-30(4)28(13-14-29(27)30)22(3)32-21(2)23-9-7-6-8-10-23/h6-10,21-22,24-29,32-33H,5,11-20H2,1-4H3/t21-,22-,24+,25-,26+,27+,28+,29-,30+,31+/m0/s1. The van der Waals surface area contributed by atoms with E-state index in [2.05, 4.69) is 56.4 Å². The first-order valence-corrected chi connectivity index (χ1v) is 14.5. The lowest BCUT2D eigenvalue weighted by atomic mass is 9.48. The molecule has 0 aliphatic heterocycles. The maximum Gasteiger partial charge on any atom is 0.0883 e. The van der Waals surface area contributed by atoms with Gasteiger partial charge in [-0.15, -0.1) is 0 Å². The highest BCUT2D eigenvalue weighted by Gasteiger charge is 2.58. The molecular weight excluding hydrogens is 418 g/mol. The molecule has 10 atom stereocenters. The number of fused-ring (bicyclic) bond motifs is 5. The molecule has 0 aromatic heterocycles. The molecule has 1 aromatic carbocycles. The predicted octanol–water partition coefficient (Wildman–Crippen LogP) is 6.76. The smallest absolute Gasteiger partial charge is 0.0883 e. The Kier molecular flexibility index (Phi) is 7.19. The zero-order valence-electron chi connectivity index (χ0n) is 22.1. The molecule has 3 heteroatoms. The van der Waals surface area contributed by atoms with E-state index in [1.54, 1.807) is 0 Å². The van der Waals surface area contributed by atoms with Gasteiger partial charge in [0.25, 0.3) is 0 Å². The molecular formula is C31H49NO2. The number of aliphatic hydroxyl groups is 1. The summed E-state index contributed by atoms with van der Waals surface area (Å²) >= 11 is 0. The molecule has 190 valence electrons. The van der Waals surface area contributed by atoms with E-state index < -0.39 is 5.60 Å². The number of nitrogens with one attached hydrogen (secondary N) is 1. The van der Waals surface area contributed by atoms with Crippen molar-refractivity contribution in [3.63, 3.8) is 0 Å². The predicted molar refractivity (Wildman–Crippen MR) is 139 cm³/mol. The van der Waals surface area contributed by atoms with Crippen molar-refractivity contribution in [1.29, 1.82) is 0 Å². The molecule has 2 N–H and O–H groups in total. The van der Waals surface area contributed by atoms with E-state index in [4.69, 9.17) is 4.74 Å². The van der Waals surface area contributed by atoms with Crippen molar-refractivity contribution in [3.05, 3.63) is 35.9 Å². The second-order valence-corrected chi connectivity index (χ2v) is 12.9. The first kappa shape index (κ1) is 24.8. The SMILES string of the molecule is CCOC[C@@]1(O)CC[C@H]2[C@H](CC[C@@H]3[C@@H]2CC[C@]2(C)[C@@H]([C@H](C)N[C@@H](C)c4ccccc4)CC[C@@H]32)C1. The van der Waals surface area contributed by atoms with Crippen LogP contribution < -0.4 is 5.32 Å². The van der Waals surface area contributed by atoms with Crippen LogP contribution in [0, 0.1) is 40.9 Å². The van der Waals surface area contributed by atoms with Crippen molar-refractivity contribution < 1.29 is 9.84 Å². The van der Waals surface area contributed by atoms with E-state index in [1.165, 1.54) is 50.5 Å². The van der Waals surface area contributed by atoms with Crippen LogP contribution in [0.1, 0.15) is 97.1 Å². The third-order valence-electron chi connectivity index (χ3n) is 11.2. The fourth-order valence-electron chi connectivity index (χ4n) is 9.60. The highest BCUT2D eigenvalue weighted by molar-refractivity contribution is 5.18. The molecule has 34 heavy (non-hydrogen) atoms. The number of ether oxygens (including phenoxy) is 1. The van der Waals surface area contributed by atoms with Gasteiger partial charge in [0.15, 0.2) is 0 Å². The zero-order chi connectivity index (χ0) is 23.9. The van der Waals surface area contributed by atoms with Crippen molar-refractivity contribution in [3.8, 4) is 0 Å². The van der Waals surface area contributed by atoms with Crippen LogP contribution in [0.25, 0.3) is 0 Å². The Morgan fingerprint density at radius 3 is 2.50 bits per heavy atom. The van der Waals surface area contributed by atoms with Gasteiger partial charge in [0.1, 0.15) is 0 Å².